The number of amides is 1. The second-order valence-electron chi connectivity index (χ2n) is 10.9. The molecule has 2 aliphatic heterocycles. The van der Waals surface area contributed by atoms with E-state index in [1.165, 1.54) is 5.56 Å². The van der Waals surface area contributed by atoms with Crippen LogP contribution in [0.5, 0.6) is 0 Å². The lowest BCUT2D eigenvalue weighted by Gasteiger charge is -2.44. The van der Waals surface area contributed by atoms with Crippen LogP contribution in [0.2, 0.25) is 5.02 Å². The van der Waals surface area contributed by atoms with Crippen LogP contribution >= 0.6 is 11.6 Å². The molecule has 2 saturated heterocycles. The van der Waals surface area contributed by atoms with Gasteiger partial charge < -0.3 is 14.8 Å². The Kier molecular flexibility index (Phi) is 6.72. The minimum absolute atomic E-state index is 0.147. The zero-order chi connectivity index (χ0) is 25.4. The van der Waals surface area contributed by atoms with Crippen LogP contribution in [-0.4, -0.2) is 66.0 Å². The van der Waals surface area contributed by atoms with Gasteiger partial charge in [-0.25, -0.2) is 0 Å². The number of piperidine rings is 1. The molecule has 6 rings (SSSR count). The van der Waals surface area contributed by atoms with Gasteiger partial charge >= 0.3 is 0 Å². The standard InChI is InChI=1S/C30H35ClN4O2/c31-26-21-25(20-22-8-13-32-28(36)27(22)26)34-18-16-33(17-19-34)24-9-14-35(15-10-24)29(37)30(11-4-5-12-30)23-6-2-1-3-7-23/h1-3,6-8,13,20-21,24H,4-5,9-12,14-19H2,(H,32,36). The number of nitrogens with zero attached hydrogens (tertiary/aromatic N) is 3. The van der Waals surface area contributed by atoms with Gasteiger partial charge in [0.05, 0.1) is 15.8 Å². The number of hydrogen-bond donors (Lipinski definition) is 1. The molecule has 0 spiro atoms. The third kappa shape index (κ3) is 4.55. The summed E-state index contributed by atoms with van der Waals surface area (Å²) in [4.78, 5) is 35.8. The van der Waals surface area contributed by atoms with Crippen molar-refractivity contribution in [1.82, 2.24) is 14.8 Å². The van der Waals surface area contributed by atoms with Gasteiger partial charge in [0.25, 0.3) is 5.56 Å². The van der Waals surface area contributed by atoms with Crippen molar-refractivity contribution in [3.8, 4) is 0 Å². The van der Waals surface area contributed by atoms with Gasteiger partial charge in [-0.15, -0.1) is 0 Å². The number of carbonyl (C=O) groups is 1. The first-order valence-corrected chi connectivity index (χ1v) is 14.1. The van der Waals surface area contributed by atoms with Crippen molar-refractivity contribution in [2.75, 3.05) is 44.2 Å². The van der Waals surface area contributed by atoms with Gasteiger partial charge in [-0.2, -0.15) is 0 Å². The average Bonchev–Trinajstić information content (AvgIpc) is 3.45. The summed E-state index contributed by atoms with van der Waals surface area (Å²) in [6.45, 7) is 5.57. The summed E-state index contributed by atoms with van der Waals surface area (Å²) in [5.41, 5.74) is 1.82. The number of likely N-dealkylation sites (tertiary alicyclic amines) is 1. The molecule has 0 unspecified atom stereocenters. The van der Waals surface area contributed by atoms with Crippen molar-refractivity contribution < 1.29 is 4.79 Å². The number of carbonyl (C=O) groups excluding carboxylic acids is 1. The second-order valence-corrected chi connectivity index (χ2v) is 11.3. The molecule has 3 aliphatic rings. The molecule has 1 aliphatic carbocycles. The van der Waals surface area contributed by atoms with E-state index in [1.54, 1.807) is 6.20 Å². The van der Waals surface area contributed by atoms with Gasteiger partial charge in [0.15, 0.2) is 0 Å². The molecule has 3 fully saturated rings. The lowest BCUT2D eigenvalue weighted by molar-refractivity contribution is -0.139. The predicted octanol–water partition coefficient (Wildman–Crippen LogP) is 4.81. The maximum Gasteiger partial charge on any atom is 0.257 e. The van der Waals surface area contributed by atoms with Crippen molar-refractivity contribution in [2.24, 2.45) is 0 Å². The fourth-order valence-corrected chi connectivity index (χ4v) is 7.20. The van der Waals surface area contributed by atoms with Crippen molar-refractivity contribution in [1.29, 1.82) is 0 Å². The molecule has 1 aromatic heterocycles. The van der Waals surface area contributed by atoms with Crippen LogP contribution in [0.1, 0.15) is 44.1 Å². The lowest BCUT2D eigenvalue weighted by atomic mass is 9.77. The predicted molar refractivity (Wildman–Crippen MR) is 150 cm³/mol. The lowest BCUT2D eigenvalue weighted by Crippen LogP contribution is -2.55. The smallest absolute Gasteiger partial charge is 0.257 e. The van der Waals surface area contributed by atoms with Crippen LogP contribution in [0.4, 0.5) is 5.69 Å². The van der Waals surface area contributed by atoms with E-state index in [9.17, 15) is 9.59 Å². The molecule has 2 aromatic carbocycles. The van der Waals surface area contributed by atoms with E-state index < -0.39 is 0 Å². The topological polar surface area (TPSA) is 59.7 Å². The number of aromatic nitrogens is 1. The van der Waals surface area contributed by atoms with Crippen molar-refractivity contribution >= 4 is 34.0 Å². The van der Waals surface area contributed by atoms with Gasteiger partial charge in [-0.1, -0.05) is 54.8 Å². The van der Waals surface area contributed by atoms with E-state index in [2.05, 4.69) is 50.0 Å². The molecule has 7 heteroatoms. The van der Waals surface area contributed by atoms with Crippen LogP contribution in [-0.2, 0) is 10.2 Å². The molecular weight excluding hydrogens is 484 g/mol. The Balaban J connectivity index is 1.07. The van der Waals surface area contributed by atoms with E-state index in [0.717, 1.165) is 88.9 Å². The van der Waals surface area contributed by atoms with E-state index >= 15 is 0 Å². The van der Waals surface area contributed by atoms with Gasteiger partial charge in [0, 0.05) is 57.2 Å². The minimum atomic E-state index is -0.314. The third-order valence-corrected chi connectivity index (χ3v) is 9.25. The number of pyridine rings is 1. The van der Waals surface area contributed by atoms with E-state index in [0.29, 0.717) is 22.4 Å². The number of piperazine rings is 1. The van der Waals surface area contributed by atoms with E-state index in [-0.39, 0.29) is 11.0 Å². The third-order valence-electron chi connectivity index (χ3n) is 8.95. The summed E-state index contributed by atoms with van der Waals surface area (Å²) in [6.07, 6.45) is 7.99. The summed E-state index contributed by atoms with van der Waals surface area (Å²) < 4.78 is 0. The molecule has 3 aromatic rings. The largest absolute Gasteiger partial charge is 0.369 e. The molecule has 0 radical (unpaired) electrons. The molecule has 1 saturated carbocycles. The van der Waals surface area contributed by atoms with Crippen molar-refractivity contribution in [3.63, 3.8) is 0 Å². The monoisotopic (exact) mass is 518 g/mol. The molecular formula is C30H35ClN4O2. The number of fused-ring (bicyclic) bond motifs is 1. The Morgan fingerprint density at radius 3 is 2.32 bits per heavy atom. The fourth-order valence-electron chi connectivity index (χ4n) is 6.89. The summed E-state index contributed by atoms with van der Waals surface area (Å²) in [5, 5.41) is 1.94. The number of hydrogen-bond acceptors (Lipinski definition) is 4. The van der Waals surface area contributed by atoms with Crippen LogP contribution in [0.25, 0.3) is 10.8 Å². The zero-order valence-corrected chi connectivity index (χ0v) is 22.1. The number of rotatable bonds is 4. The van der Waals surface area contributed by atoms with Gasteiger partial charge in [0.2, 0.25) is 5.91 Å². The number of anilines is 1. The van der Waals surface area contributed by atoms with Crippen LogP contribution in [0.15, 0.2) is 59.5 Å². The number of benzene rings is 2. The first kappa shape index (κ1) is 24.5. The highest BCUT2D eigenvalue weighted by atomic mass is 35.5. The molecule has 194 valence electrons. The Hall–Kier alpha value is -2.83. The fraction of sp³-hybridized carbons (Fsp3) is 0.467. The van der Waals surface area contributed by atoms with E-state index in [4.69, 9.17) is 11.6 Å². The number of aromatic amines is 1. The summed E-state index contributed by atoms with van der Waals surface area (Å²) >= 11 is 6.48. The molecule has 37 heavy (non-hydrogen) atoms. The Labute approximate surface area is 223 Å². The number of halogens is 1. The quantitative estimate of drug-likeness (QED) is 0.538. The molecule has 0 atom stereocenters. The van der Waals surface area contributed by atoms with Gasteiger partial charge in [-0.05, 0) is 54.8 Å². The summed E-state index contributed by atoms with van der Waals surface area (Å²) in [6, 6.07) is 16.9. The van der Waals surface area contributed by atoms with Gasteiger partial charge in [0.1, 0.15) is 0 Å². The molecule has 1 amide bonds. The SMILES string of the molecule is O=C(N1CCC(N2CCN(c3cc(Cl)c4c(=O)[nH]ccc4c3)CC2)CC1)C1(c2ccccc2)CCCC1. The Morgan fingerprint density at radius 2 is 1.62 bits per heavy atom. The van der Waals surface area contributed by atoms with Crippen LogP contribution in [0.3, 0.4) is 0 Å². The normalized spacial score (nSPS) is 21.0. The molecule has 6 nitrogen and oxygen atoms in total. The van der Waals surface area contributed by atoms with Gasteiger partial charge in [-0.3, -0.25) is 14.5 Å². The van der Waals surface area contributed by atoms with Crippen molar-refractivity contribution in [3.05, 3.63) is 75.7 Å². The Morgan fingerprint density at radius 1 is 0.919 bits per heavy atom. The first-order chi connectivity index (χ1) is 18.0. The number of H-pyrrole nitrogens is 1. The molecule has 0 bridgehead atoms. The molecule has 1 N–H and O–H groups in total. The average molecular weight is 519 g/mol. The maximum absolute atomic E-state index is 13.8. The highest BCUT2D eigenvalue weighted by Gasteiger charge is 2.45. The second kappa shape index (κ2) is 10.1. The zero-order valence-electron chi connectivity index (χ0n) is 21.3. The highest BCUT2D eigenvalue weighted by Crippen LogP contribution is 2.43. The van der Waals surface area contributed by atoms with Crippen molar-refractivity contribution in [2.45, 2.75) is 50.0 Å². The maximum atomic E-state index is 13.8. The summed E-state index contributed by atoms with van der Waals surface area (Å²) in [7, 11) is 0. The Bertz CT molecular complexity index is 1320. The highest BCUT2D eigenvalue weighted by molar-refractivity contribution is 6.35. The first-order valence-electron chi connectivity index (χ1n) is 13.7. The van der Waals surface area contributed by atoms with E-state index in [1.807, 2.05) is 18.2 Å². The van der Waals surface area contributed by atoms with Crippen LogP contribution < -0.4 is 10.5 Å². The van der Waals surface area contributed by atoms with Crippen LogP contribution in [0, 0.1) is 0 Å². The minimum Gasteiger partial charge on any atom is -0.369 e. The number of nitrogens with one attached hydrogen (secondary N) is 1. The summed E-state index contributed by atoms with van der Waals surface area (Å²) in [5.74, 6) is 0.353. The molecule has 3 heterocycles.